The highest BCUT2D eigenvalue weighted by molar-refractivity contribution is 6.39. The molecule has 1 fully saturated rings. The van der Waals surface area contributed by atoms with E-state index in [0.717, 1.165) is 24.5 Å². The first-order valence-corrected chi connectivity index (χ1v) is 16.5. The lowest BCUT2D eigenvalue weighted by atomic mass is 9.93. The van der Waals surface area contributed by atoms with Crippen LogP contribution in [0.4, 0.5) is 40.8 Å². The Morgan fingerprint density at radius 2 is 1.49 bits per heavy atom. The molecule has 18 heteroatoms. The van der Waals surface area contributed by atoms with Crippen molar-refractivity contribution in [2.24, 2.45) is 5.41 Å². The number of hydrogen-bond donors (Lipinski definition) is 5. The summed E-state index contributed by atoms with van der Waals surface area (Å²) in [6, 6.07) is 16.5. The Kier molecular flexibility index (Phi) is 11.6. The van der Waals surface area contributed by atoms with Gasteiger partial charge in [-0.05, 0) is 72.4 Å². The Morgan fingerprint density at radius 1 is 0.849 bits per heavy atom. The van der Waals surface area contributed by atoms with Gasteiger partial charge in [-0.15, -0.1) is 0 Å². The summed E-state index contributed by atoms with van der Waals surface area (Å²) < 4.78 is 62.4. The van der Waals surface area contributed by atoms with Crippen molar-refractivity contribution >= 4 is 52.6 Å². The number of nitrogens with one attached hydrogen (secondary N) is 5. The summed E-state index contributed by atoms with van der Waals surface area (Å²) in [5.74, 6) is -3.20. The van der Waals surface area contributed by atoms with Gasteiger partial charge < -0.3 is 36.1 Å². The number of hydrogen-bond acceptors (Lipinski definition) is 10. The number of anilines is 4. The van der Waals surface area contributed by atoms with Gasteiger partial charge >= 0.3 is 24.0 Å². The highest BCUT2D eigenvalue weighted by atomic mass is 35.5. The maximum atomic E-state index is 13.9. The molecule has 280 valence electrons. The summed E-state index contributed by atoms with van der Waals surface area (Å²) in [6.45, 7) is 2.08. The second-order valence-electron chi connectivity index (χ2n) is 12.9. The zero-order valence-electron chi connectivity index (χ0n) is 28.7. The molecule has 13 nitrogen and oxygen atoms in total. The van der Waals surface area contributed by atoms with Crippen LogP contribution in [0.3, 0.4) is 0 Å². The van der Waals surface area contributed by atoms with Crippen LogP contribution in [0.2, 0.25) is 5.02 Å². The summed E-state index contributed by atoms with van der Waals surface area (Å²) in [6.07, 6.45) is -3.17. The number of nitrogens with zero attached hydrogens (tertiary/aromatic N) is 3. The third-order valence-corrected chi connectivity index (χ3v) is 8.20. The fraction of sp³-hybridized carbons (Fsp3) is 0.314. The van der Waals surface area contributed by atoms with Crippen molar-refractivity contribution in [3.05, 3.63) is 88.7 Å². The highest BCUT2D eigenvalue weighted by Crippen LogP contribution is 2.48. The number of halogens is 5. The molecule has 5 N–H and O–H groups in total. The molecule has 3 amide bonds. The minimum Gasteiger partial charge on any atom is -0.494 e. The van der Waals surface area contributed by atoms with Crippen LogP contribution in [0.5, 0.6) is 11.8 Å². The van der Waals surface area contributed by atoms with Gasteiger partial charge in [0.25, 0.3) is 5.91 Å². The maximum Gasteiger partial charge on any atom is 0.422 e. The molecular formula is C35H35ClF4N8O5. The molecule has 0 unspecified atom stereocenters. The van der Waals surface area contributed by atoms with Crippen molar-refractivity contribution in [3.63, 3.8) is 0 Å². The molecule has 3 aromatic carbocycles. The SMILES string of the molecule is COc1ccc(NC(=O)C(=O)NCC(C)(C)CNC(=O)c2ccc(Nc3nc(NC4(c5ccc(Cl)cc5)CC4)nc(OCC(F)(F)F)n3)cc2)cc1F. The largest absolute Gasteiger partial charge is 0.494 e. The number of carbonyl (C=O) groups is 3. The molecule has 0 saturated heterocycles. The Labute approximate surface area is 306 Å². The lowest BCUT2D eigenvalue weighted by molar-refractivity contribution is -0.154. The lowest BCUT2D eigenvalue weighted by Crippen LogP contribution is -2.44. The number of ether oxygens (including phenoxy) is 2. The molecule has 1 aliphatic rings. The topological polar surface area (TPSA) is 168 Å². The Morgan fingerprint density at radius 3 is 2.11 bits per heavy atom. The molecule has 0 bridgehead atoms. The first-order valence-electron chi connectivity index (χ1n) is 16.1. The second-order valence-corrected chi connectivity index (χ2v) is 13.4. The Bertz CT molecular complexity index is 1960. The van der Waals surface area contributed by atoms with Crippen LogP contribution in [0.15, 0.2) is 66.7 Å². The first-order chi connectivity index (χ1) is 25.0. The van der Waals surface area contributed by atoms with E-state index >= 15 is 0 Å². The van der Waals surface area contributed by atoms with Gasteiger partial charge in [-0.25, -0.2) is 4.39 Å². The monoisotopic (exact) mass is 758 g/mol. The summed E-state index contributed by atoms with van der Waals surface area (Å²) in [4.78, 5) is 49.9. The van der Waals surface area contributed by atoms with E-state index in [4.69, 9.17) is 21.1 Å². The van der Waals surface area contributed by atoms with Gasteiger partial charge in [0.1, 0.15) is 0 Å². The zero-order chi connectivity index (χ0) is 38.4. The third-order valence-electron chi connectivity index (χ3n) is 7.95. The standard InChI is InChI=1S/C35H35ClF4N8O5/c1-33(2,18-42-28(50)29(51)43-24-12-13-26(52-3)25(37)16-24)17-41-27(49)20-4-10-23(11-5-20)44-30-45-31(47-32(46-30)53-19-35(38,39)40)48-34(14-15-34)21-6-8-22(36)9-7-21/h4-13,16H,14-15,17-19H2,1-3H3,(H,41,49)(H,42,50)(H,43,51)(H2,44,45,46,47,48). The molecule has 4 aromatic rings. The van der Waals surface area contributed by atoms with Crippen molar-refractivity contribution in [3.8, 4) is 11.8 Å². The molecule has 53 heavy (non-hydrogen) atoms. The molecule has 1 aliphatic carbocycles. The van der Waals surface area contributed by atoms with E-state index in [1.807, 2.05) is 12.1 Å². The third kappa shape index (κ3) is 10.9. The van der Waals surface area contributed by atoms with Crippen molar-refractivity contribution < 1.29 is 41.4 Å². The van der Waals surface area contributed by atoms with E-state index in [1.165, 1.54) is 31.4 Å². The second kappa shape index (κ2) is 15.9. The van der Waals surface area contributed by atoms with Gasteiger partial charge in [0, 0.05) is 41.1 Å². The van der Waals surface area contributed by atoms with Gasteiger partial charge in [0.15, 0.2) is 18.2 Å². The van der Waals surface area contributed by atoms with E-state index in [2.05, 4.69) is 41.5 Å². The Hall–Kier alpha value is -5.71. The van der Waals surface area contributed by atoms with Crippen molar-refractivity contribution in [2.75, 3.05) is 42.8 Å². The lowest BCUT2D eigenvalue weighted by Gasteiger charge is -2.25. The van der Waals surface area contributed by atoms with Gasteiger partial charge in [-0.2, -0.15) is 28.1 Å². The molecular weight excluding hydrogens is 724 g/mol. The number of rotatable bonds is 14. The zero-order valence-corrected chi connectivity index (χ0v) is 29.4. The molecule has 5 rings (SSSR count). The quantitative estimate of drug-likeness (QED) is 0.0764. The van der Waals surface area contributed by atoms with E-state index in [1.54, 1.807) is 38.1 Å². The number of aromatic nitrogens is 3. The minimum absolute atomic E-state index is 0.00446. The van der Waals surface area contributed by atoms with E-state index in [9.17, 15) is 31.9 Å². The van der Waals surface area contributed by atoms with Crippen LogP contribution in [0, 0.1) is 11.2 Å². The predicted octanol–water partition coefficient (Wildman–Crippen LogP) is 5.97. The van der Waals surface area contributed by atoms with Gasteiger partial charge in [0.05, 0.1) is 12.6 Å². The summed E-state index contributed by atoms with van der Waals surface area (Å²) in [5.41, 5.74) is 0.465. The van der Waals surface area contributed by atoms with Crippen LogP contribution < -0.4 is 36.1 Å². The van der Waals surface area contributed by atoms with E-state index < -0.39 is 53.3 Å². The van der Waals surface area contributed by atoms with Crippen molar-refractivity contribution in [1.29, 1.82) is 0 Å². The fourth-order valence-corrected chi connectivity index (χ4v) is 5.05. The van der Waals surface area contributed by atoms with Gasteiger partial charge in [0.2, 0.25) is 11.9 Å². The predicted molar refractivity (Wildman–Crippen MR) is 188 cm³/mol. The smallest absolute Gasteiger partial charge is 0.422 e. The number of amides is 3. The van der Waals surface area contributed by atoms with Crippen molar-refractivity contribution in [1.82, 2.24) is 25.6 Å². The van der Waals surface area contributed by atoms with E-state index in [-0.39, 0.29) is 42.0 Å². The van der Waals surface area contributed by atoms with E-state index in [0.29, 0.717) is 10.7 Å². The molecule has 0 radical (unpaired) electrons. The average Bonchev–Trinajstić information content (AvgIpc) is 3.89. The minimum atomic E-state index is -4.62. The van der Waals surface area contributed by atoms with Crippen LogP contribution in [0.25, 0.3) is 0 Å². The van der Waals surface area contributed by atoms with Gasteiger partial charge in [-0.3, -0.25) is 14.4 Å². The number of methoxy groups -OCH3 is 1. The number of carbonyl (C=O) groups excluding carboxylic acids is 3. The molecule has 1 saturated carbocycles. The fourth-order valence-electron chi connectivity index (χ4n) is 4.92. The molecule has 0 atom stereocenters. The van der Waals surface area contributed by atoms with Crippen LogP contribution in [0.1, 0.15) is 42.6 Å². The molecule has 0 aliphatic heterocycles. The van der Waals surface area contributed by atoms with Crippen LogP contribution in [-0.4, -0.2) is 65.7 Å². The highest BCUT2D eigenvalue weighted by Gasteiger charge is 2.45. The summed E-state index contributed by atoms with van der Waals surface area (Å²) >= 11 is 6.03. The molecule has 1 heterocycles. The number of alkyl halides is 3. The maximum absolute atomic E-state index is 13.9. The summed E-state index contributed by atoms with van der Waals surface area (Å²) in [7, 11) is 1.30. The molecule has 0 spiro atoms. The Balaban J connectivity index is 1.16. The molecule has 1 aromatic heterocycles. The van der Waals surface area contributed by atoms with Gasteiger partial charge in [-0.1, -0.05) is 37.6 Å². The normalized spacial score (nSPS) is 13.4. The van der Waals surface area contributed by atoms with Crippen LogP contribution >= 0.6 is 11.6 Å². The van der Waals surface area contributed by atoms with Crippen LogP contribution in [-0.2, 0) is 15.1 Å². The van der Waals surface area contributed by atoms with Crippen molar-refractivity contribution in [2.45, 2.75) is 38.4 Å². The number of benzene rings is 3. The summed E-state index contributed by atoms with van der Waals surface area (Å²) in [5, 5.41) is 14.3. The average molecular weight is 759 g/mol. The first kappa shape index (κ1) is 38.5.